The SMILES string of the molecule is CCOC(=O)CN(CC)C(=O)C1C2CC3CC(C2)CC1C3. The van der Waals surface area contributed by atoms with Gasteiger partial charge in [0.2, 0.25) is 5.91 Å². The van der Waals surface area contributed by atoms with Crippen LogP contribution in [-0.2, 0) is 14.3 Å². The Morgan fingerprint density at radius 1 is 1.00 bits per heavy atom. The van der Waals surface area contributed by atoms with Crippen LogP contribution in [0.5, 0.6) is 0 Å². The van der Waals surface area contributed by atoms with Gasteiger partial charge in [0.15, 0.2) is 0 Å². The molecule has 0 aromatic rings. The molecular weight excluding hydrogens is 266 g/mol. The number of nitrogens with zero attached hydrogens (tertiary/aromatic N) is 1. The highest BCUT2D eigenvalue weighted by Crippen LogP contribution is 2.56. The van der Waals surface area contributed by atoms with Crippen molar-refractivity contribution in [2.24, 2.45) is 29.6 Å². The molecule has 4 aliphatic carbocycles. The molecule has 0 N–H and O–H groups in total. The lowest BCUT2D eigenvalue weighted by atomic mass is 9.51. The Balaban J connectivity index is 1.67. The van der Waals surface area contributed by atoms with Gasteiger partial charge in [-0.1, -0.05) is 0 Å². The quantitative estimate of drug-likeness (QED) is 0.732. The topological polar surface area (TPSA) is 46.6 Å². The number of hydrogen-bond acceptors (Lipinski definition) is 3. The van der Waals surface area contributed by atoms with Crippen molar-refractivity contribution >= 4 is 11.9 Å². The normalized spacial score (nSPS) is 36.6. The third-order valence-electron chi connectivity index (χ3n) is 5.83. The lowest BCUT2D eigenvalue weighted by Gasteiger charge is -2.54. The largest absolute Gasteiger partial charge is 0.465 e. The van der Waals surface area contributed by atoms with E-state index in [0.717, 1.165) is 11.8 Å². The Morgan fingerprint density at radius 2 is 1.57 bits per heavy atom. The Bertz CT molecular complexity index is 392. The summed E-state index contributed by atoms with van der Waals surface area (Å²) in [5.74, 6) is 2.99. The maximum atomic E-state index is 12.9. The van der Waals surface area contributed by atoms with Crippen molar-refractivity contribution in [3.8, 4) is 0 Å². The Morgan fingerprint density at radius 3 is 2.05 bits per heavy atom. The van der Waals surface area contributed by atoms with Crippen LogP contribution in [0.2, 0.25) is 0 Å². The van der Waals surface area contributed by atoms with E-state index >= 15 is 0 Å². The van der Waals surface area contributed by atoms with E-state index in [4.69, 9.17) is 4.74 Å². The minimum atomic E-state index is -0.281. The van der Waals surface area contributed by atoms with Crippen molar-refractivity contribution in [1.29, 1.82) is 0 Å². The van der Waals surface area contributed by atoms with Crippen LogP contribution < -0.4 is 0 Å². The Hall–Kier alpha value is -1.06. The minimum Gasteiger partial charge on any atom is -0.465 e. The predicted molar refractivity (Wildman–Crippen MR) is 79.4 cm³/mol. The van der Waals surface area contributed by atoms with Crippen LogP contribution in [0.3, 0.4) is 0 Å². The van der Waals surface area contributed by atoms with Gasteiger partial charge in [-0.25, -0.2) is 0 Å². The highest BCUT2D eigenvalue weighted by Gasteiger charge is 2.51. The van der Waals surface area contributed by atoms with Gasteiger partial charge < -0.3 is 9.64 Å². The van der Waals surface area contributed by atoms with Crippen LogP contribution in [0.4, 0.5) is 0 Å². The van der Waals surface area contributed by atoms with Crippen molar-refractivity contribution in [3.05, 3.63) is 0 Å². The summed E-state index contributed by atoms with van der Waals surface area (Å²) in [6.07, 6.45) is 6.34. The number of hydrogen-bond donors (Lipinski definition) is 0. The van der Waals surface area contributed by atoms with Crippen molar-refractivity contribution < 1.29 is 14.3 Å². The number of carbonyl (C=O) groups excluding carboxylic acids is 2. The molecule has 0 aliphatic heterocycles. The molecule has 0 heterocycles. The molecule has 1 amide bonds. The molecule has 0 unspecified atom stereocenters. The predicted octanol–water partition coefficient (Wildman–Crippen LogP) is 2.47. The zero-order valence-corrected chi connectivity index (χ0v) is 13.2. The summed E-state index contributed by atoms with van der Waals surface area (Å²) >= 11 is 0. The van der Waals surface area contributed by atoms with E-state index in [1.165, 1.54) is 32.1 Å². The molecule has 4 aliphatic rings. The number of likely N-dealkylation sites (N-methyl/N-ethyl adjacent to an activating group) is 1. The van der Waals surface area contributed by atoms with Crippen LogP contribution in [0, 0.1) is 29.6 Å². The third-order valence-corrected chi connectivity index (χ3v) is 5.83. The first kappa shape index (κ1) is 14.9. The molecule has 4 rings (SSSR count). The summed E-state index contributed by atoms with van der Waals surface area (Å²) in [5, 5.41) is 0. The molecule has 4 fully saturated rings. The molecular formula is C17H27NO3. The van der Waals surface area contributed by atoms with E-state index in [0.29, 0.717) is 25.0 Å². The minimum absolute atomic E-state index is 0.117. The van der Waals surface area contributed by atoms with Gasteiger partial charge >= 0.3 is 5.97 Å². The second kappa shape index (κ2) is 5.98. The number of ether oxygens (including phenoxy) is 1. The smallest absolute Gasteiger partial charge is 0.325 e. The lowest BCUT2D eigenvalue weighted by Crippen LogP contribution is -2.52. The molecule has 4 heteroatoms. The standard InChI is InChI=1S/C17H27NO3/c1-3-18(10-15(19)21-4-2)17(20)16-13-6-11-5-12(8-13)9-14(16)7-11/h11-14,16H,3-10H2,1-2H3. The van der Waals surface area contributed by atoms with E-state index in [9.17, 15) is 9.59 Å². The highest BCUT2D eigenvalue weighted by atomic mass is 16.5. The highest BCUT2D eigenvalue weighted by molar-refractivity contribution is 5.84. The molecule has 4 saturated carbocycles. The first-order valence-corrected chi connectivity index (χ1v) is 8.56. The van der Waals surface area contributed by atoms with Gasteiger partial charge in [0.05, 0.1) is 6.61 Å². The van der Waals surface area contributed by atoms with Crippen LogP contribution in [0.15, 0.2) is 0 Å². The molecule has 4 nitrogen and oxygen atoms in total. The summed E-state index contributed by atoms with van der Waals surface area (Å²) in [4.78, 5) is 26.3. The molecule has 21 heavy (non-hydrogen) atoms. The first-order chi connectivity index (χ1) is 10.1. The van der Waals surface area contributed by atoms with Crippen molar-refractivity contribution in [3.63, 3.8) is 0 Å². The second-order valence-electron chi connectivity index (χ2n) is 7.11. The van der Waals surface area contributed by atoms with Crippen molar-refractivity contribution in [2.75, 3.05) is 19.7 Å². The third kappa shape index (κ3) is 2.82. The fraction of sp³-hybridized carbons (Fsp3) is 0.882. The van der Waals surface area contributed by atoms with E-state index in [1.807, 2.05) is 6.92 Å². The van der Waals surface area contributed by atoms with Crippen molar-refractivity contribution in [2.45, 2.75) is 46.0 Å². The number of esters is 1. The number of amides is 1. The zero-order chi connectivity index (χ0) is 15.0. The fourth-order valence-corrected chi connectivity index (χ4v) is 5.25. The maximum Gasteiger partial charge on any atom is 0.325 e. The molecule has 118 valence electrons. The summed E-state index contributed by atoms with van der Waals surface area (Å²) < 4.78 is 5.00. The molecule has 0 atom stereocenters. The van der Waals surface area contributed by atoms with Gasteiger partial charge in [0.25, 0.3) is 0 Å². The molecule has 0 radical (unpaired) electrons. The van der Waals surface area contributed by atoms with Crippen LogP contribution in [0.25, 0.3) is 0 Å². The summed E-state index contributed by atoms with van der Waals surface area (Å²) in [6.45, 7) is 4.84. The van der Waals surface area contributed by atoms with Gasteiger partial charge in [-0.15, -0.1) is 0 Å². The van der Waals surface area contributed by atoms with E-state index in [2.05, 4.69) is 0 Å². The molecule has 0 spiro atoms. The summed E-state index contributed by atoms with van der Waals surface area (Å²) in [6, 6.07) is 0. The van der Waals surface area contributed by atoms with Gasteiger partial charge in [0, 0.05) is 12.5 Å². The summed E-state index contributed by atoms with van der Waals surface area (Å²) in [7, 11) is 0. The average Bonchev–Trinajstić information content (AvgIpc) is 2.43. The Kier molecular flexibility index (Phi) is 4.23. The van der Waals surface area contributed by atoms with Crippen LogP contribution in [0.1, 0.15) is 46.0 Å². The molecule has 0 saturated heterocycles. The second-order valence-corrected chi connectivity index (χ2v) is 7.11. The van der Waals surface area contributed by atoms with E-state index < -0.39 is 0 Å². The monoisotopic (exact) mass is 293 g/mol. The van der Waals surface area contributed by atoms with E-state index in [-0.39, 0.29) is 24.3 Å². The van der Waals surface area contributed by atoms with Gasteiger partial charge in [-0.2, -0.15) is 0 Å². The van der Waals surface area contributed by atoms with Gasteiger partial charge in [-0.3, -0.25) is 9.59 Å². The van der Waals surface area contributed by atoms with Gasteiger partial charge in [-0.05, 0) is 69.6 Å². The van der Waals surface area contributed by atoms with Crippen molar-refractivity contribution in [1.82, 2.24) is 4.90 Å². The molecule has 0 aromatic carbocycles. The lowest BCUT2D eigenvalue weighted by molar-refractivity contribution is -0.156. The number of carbonyl (C=O) groups is 2. The Labute approximate surface area is 127 Å². The molecule has 4 bridgehead atoms. The van der Waals surface area contributed by atoms with Gasteiger partial charge in [0.1, 0.15) is 6.54 Å². The maximum absolute atomic E-state index is 12.9. The summed E-state index contributed by atoms with van der Waals surface area (Å²) in [5.41, 5.74) is 0. The van der Waals surface area contributed by atoms with Crippen LogP contribution >= 0.6 is 0 Å². The number of rotatable bonds is 5. The first-order valence-electron chi connectivity index (χ1n) is 8.56. The average molecular weight is 293 g/mol. The van der Waals surface area contributed by atoms with E-state index in [1.54, 1.807) is 11.8 Å². The molecule has 0 aromatic heterocycles. The fourth-order valence-electron chi connectivity index (χ4n) is 5.25. The van der Waals surface area contributed by atoms with Crippen LogP contribution in [-0.4, -0.2) is 36.5 Å². The zero-order valence-electron chi connectivity index (χ0n) is 13.2.